The van der Waals surface area contributed by atoms with Crippen molar-refractivity contribution in [1.82, 2.24) is 4.31 Å². The van der Waals surface area contributed by atoms with Crippen molar-refractivity contribution >= 4 is 21.4 Å². The molecule has 0 amide bonds. The maximum absolute atomic E-state index is 12.3. The second-order valence-electron chi connectivity index (χ2n) is 4.30. The van der Waals surface area contributed by atoms with Gasteiger partial charge in [0.05, 0.1) is 4.90 Å². The average molecular weight is 276 g/mol. The van der Waals surface area contributed by atoms with E-state index in [1.54, 1.807) is 11.4 Å². The molecule has 2 N–H and O–H groups in total. The van der Waals surface area contributed by atoms with Gasteiger partial charge < -0.3 is 5.73 Å². The fraction of sp³-hybridized carbons (Fsp3) is 0.636. The van der Waals surface area contributed by atoms with E-state index in [0.29, 0.717) is 30.4 Å². The maximum Gasteiger partial charge on any atom is 0.243 e. The van der Waals surface area contributed by atoms with E-state index < -0.39 is 10.0 Å². The molecule has 0 unspecified atom stereocenters. The zero-order chi connectivity index (χ0) is 13.1. The summed E-state index contributed by atoms with van der Waals surface area (Å²) in [5, 5.41) is 1.67. The zero-order valence-electron chi connectivity index (χ0n) is 10.5. The molecule has 1 heterocycles. The fourth-order valence-corrected chi connectivity index (χ4v) is 4.31. The molecule has 17 heavy (non-hydrogen) atoms. The molecular formula is C11H20N2O2S2. The van der Waals surface area contributed by atoms with E-state index >= 15 is 0 Å². The lowest BCUT2D eigenvalue weighted by Crippen LogP contribution is -2.33. The van der Waals surface area contributed by atoms with Crippen LogP contribution < -0.4 is 5.73 Å². The SMILES string of the molecule is CCN(CC(C)C)S(=O)(=O)c1csc(CN)c1. The van der Waals surface area contributed by atoms with Crippen molar-refractivity contribution in [3.63, 3.8) is 0 Å². The van der Waals surface area contributed by atoms with Crippen molar-refractivity contribution in [3.8, 4) is 0 Å². The number of hydrogen-bond acceptors (Lipinski definition) is 4. The zero-order valence-corrected chi connectivity index (χ0v) is 12.1. The molecule has 0 bridgehead atoms. The standard InChI is InChI=1S/C11H20N2O2S2/c1-4-13(7-9(2)3)17(14,15)11-5-10(6-12)16-8-11/h5,8-9H,4,6-7,12H2,1-3H3. The highest BCUT2D eigenvalue weighted by Gasteiger charge is 2.24. The minimum absolute atomic E-state index is 0.317. The van der Waals surface area contributed by atoms with Gasteiger partial charge in [-0.15, -0.1) is 11.3 Å². The molecule has 0 saturated carbocycles. The molecule has 0 aliphatic heterocycles. The largest absolute Gasteiger partial charge is 0.326 e. The molecule has 0 radical (unpaired) electrons. The lowest BCUT2D eigenvalue weighted by molar-refractivity contribution is 0.381. The van der Waals surface area contributed by atoms with Gasteiger partial charge in [0.15, 0.2) is 0 Å². The molecule has 1 rings (SSSR count). The summed E-state index contributed by atoms with van der Waals surface area (Å²) in [6.45, 7) is 7.31. The highest BCUT2D eigenvalue weighted by atomic mass is 32.2. The summed E-state index contributed by atoms with van der Waals surface area (Å²) in [6, 6.07) is 1.67. The van der Waals surface area contributed by atoms with Gasteiger partial charge in [0.2, 0.25) is 10.0 Å². The lowest BCUT2D eigenvalue weighted by atomic mass is 10.2. The molecule has 1 aromatic rings. The Balaban J connectivity index is 2.99. The van der Waals surface area contributed by atoms with Crippen molar-refractivity contribution in [3.05, 3.63) is 16.3 Å². The molecule has 6 heteroatoms. The first-order valence-corrected chi connectivity index (χ1v) is 8.01. The van der Waals surface area contributed by atoms with Gasteiger partial charge >= 0.3 is 0 Å². The molecular weight excluding hydrogens is 256 g/mol. The van der Waals surface area contributed by atoms with Crippen molar-refractivity contribution in [2.24, 2.45) is 11.7 Å². The number of sulfonamides is 1. The van der Waals surface area contributed by atoms with E-state index in [4.69, 9.17) is 5.73 Å². The van der Waals surface area contributed by atoms with Crippen LogP contribution in [0.15, 0.2) is 16.3 Å². The van der Waals surface area contributed by atoms with Crippen molar-refractivity contribution in [2.75, 3.05) is 13.1 Å². The summed E-state index contributed by atoms with van der Waals surface area (Å²) in [6.07, 6.45) is 0. The lowest BCUT2D eigenvalue weighted by Gasteiger charge is -2.21. The summed E-state index contributed by atoms with van der Waals surface area (Å²) < 4.78 is 26.2. The number of nitrogens with two attached hydrogens (primary N) is 1. The van der Waals surface area contributed by atoms with Crippen molar-refractivity contribution in [1.29, 1.82) is 0 Å². The first-order valence-electron chi connectivity index (χ1n) is 5.69. The predicted octanol–water partition coefficient (Wildman–Crippen LogP) is 1.87. The summed E-state index contributed by atoms with van der Waals surface area (Å²) >= 11 is 1.39. The number of thiophene rings is 1. The van der Waals surface area contributed by atoms with Gasteiger partial charge in [-0.25, -0.2) is 8.42 Å². The van der Waals surface area contributed by atoms with Crippen LogP contribution in [0.1, 0.15) is 25.6 Å². The molecule has 98 valence electrons. The molecule has 0 fully saturated rings. The number of nitrogens with zero attached hydrogens (tertiary/aromatic N) is 1. The Morgan fingerprint density at radius 2 is 2.12 bits per heavy atom. The Kier molecular flexibility index (Phi) is 5.12. The van der Waals surface area contributed by atoms with E-state index in [-0.39, 0.29) is 0 Å². The van der Waals surface area contributed by atoms with E-state index in [1.165, 1.54) is 15.6 Å². The second kappa shape index (κ2) is 5.95. The average Bonchev–Trinajstić information content (AvgIpc) is 2.74. The molecule has 0 saturated heterocycles. The van der Waals surface area contributed by atoms with E-state index in [1.807, 2.05) is 20.8 Å². The van der Waals surface area contributed by atoms with Crippen LogP contribution in [0.25, 0.3) is 0 Å². The summed E-state index contributed by atoms with van der Waals surface area (Å²) in [5.74, 6) is 0.317. The van der Waals surface area contributed by atoms with Crippen molar-refractivity contribution < 1.29 is 8.42 Å². The van der Waals surface area contributed by atoms with Gasteiger partial charge in [0.25, 0.3) is 0 Å². The van der Waals surface area contributed by atoms with Gasteiger partial charge in [-0.2, -0.15) is 4.31 Å². The fourth-order valence-electron chi connectivity index (χ4n) is 1.56. The predicted molar refractivity (Wildman–Crippen MR) is 71.5 cm³/mol. The van der Waals surface area contributed by atoms with Crippen LogP contribution in [0.4, 0.5) is 0 Å². The van der Waals surface area contributed by atoms with E-state index in [0.717, 1.165) is 4.88 Å². The highest BCUT2D eigenvalue weighted by molar-refractivity contribution is 7.89. The molecule has 0 atom stereocenters. The van der Waals surface area contributed by atoms with Crippen LogP contribution in [0.2, 0.25) is 0 Å². The molecule has 1 aromatic heterocycles. The third-order valence-corrected chi connectivity index (χ3v) is 5.42. The third-order valence-electron chi connectivity index (χ3n) is 2.39. The third kappa shape index (κ3) is 3.51. The molecule has 0 aliphatic rings. The van der Waals surface area contributed by atoms with Crippen LogP contribution in [0.3, 0.4) is 0 Å². The first kappa shape index (κ1) is 14.6. The highest BCUT2D eigenvalue weighted by Crippen LogP contribution is 2.22. The van der Waals surface area contributed by atoms with Gasteiger partial charge in [0.1, 0.15) is 0 Å². The van der Waals surface area contributed by atoms with Gasteiger partial charge in [0, 0.05) is 29.9 Å². The smallest absolute Gasteiger partial charge is 0.243 e. The summed E-state index contributed by atoms with van der Waals surface area (Å²) in [5.41, 5.74) is 5.50. The second-order valence-corrected chi connectivity index (χ2v) is 7.24. The van der Waals surface area contributed by atoms with Crippen LogP contribution >= 0.6 is 11.3 Å². The Morgan fingerprint density at radius 3 is 2.53 bits per heavy atom. The van der Waals surface area contributed by atoms with Crippen LogP contribution in [0.5, 0.6) is 0 Å². The van der Waals surface area contributed by atoms with Crippen LogP contribution in [-0.2, 0) is 16.6 Å². The first-order chi connectivity index (χ1) is 7.91. The normalized spacial score (nSPS) is 12.6. The quantitative estimate of drug-likeness (QED) is 0.862. The Labute approximate surface area is 107 Å². The minimum Gasteiger partial charge on any atom is -0.326 e. The Hall–Kier alpha value is -0.430. The minimum atomic E-state index is -3.35. The van der Waals surface area contributed by atoms with Gasteiger partial charge in [-0.1, -0.05) is 20.8 Å². The number of hydrogen-bond donors (Lipinski definition) is 1. The molecule has 4 nitrogen and oxygen atoms in total. The summed E-state index contributed by atoms with van der Waals surface area (Å²) in [4.78, 5) is 1.26. The van der Waals surface area contributed by atoms with E-state index in [9.17, 15) is 8.42 Å². The van der Waals surface area contributed by atoms with Crippen LogP contribution in [0, 0.1) is 5.92 Å². The molecule has 0 spiro atoms. The summed E-state index contributed by atoms with van der Waals surface area (Å²) in [7, 11) is -3.35. The number of rotatable bonds is 6. The Bertz CT molecular complexity index is 452. The van der Waals surface area contributed by atoms with Gasteiger partial charge in [-0.05, 0) is 12.0 Å². The Morgan fingerprint density at radius 1 is 1.47 bits per heavy atom. The molecule has 0 aliphatic carbocycles. The topological polar surface area (TPSA) is 63.4 Å². The van der Waals surface area contributed by atoms with Crippen molar-refractivity contribution in [2.45, 2.75) is 32.2 Å². The molecule has 0 aromatic carbocycles. The van der Waals surface area contributed by atoms with E-state index in [2.05, 4.69) is 0 Å². The van der Waals surface area contributed by atoms with Crippen LogP contribution in [-0.4, -0.2) is 25.8 Å². The monoisotopic (exact) mass is 276 g/mol. The maximum atomic E-state index is 12.3. The van der Waals surface area contributed by atoms with Gasteiger partial charge in [-0.3, -0.25) is 0 Å².